The maximum absolute atomic E-state index is 14.2. The number of ether oxygens (including phenoxy) is 2. The van der Waals surface area contributed by atoms with Gasteiger partial charge < -0.3 is 24.7 Å². The zero-order valence-corrected chi connectivity index (χ0v) is 32.7. The molecule has 5 aromatic rings. The van der Waals surface area contributed by atoms with Crippen molar-refractivity contribution < 1.29 is 19.1 Å². The Morgan fingerprint density at radius 2 is 1.42 bits per heavy atom. The average molecular weight is 721 g/mol. The molecule has 1 aromatic heterocycles. The van der Waals surface area contributed by atoms with Gasteiger partial charge in [-0.3, -0.25) is 9.59 Å². The first-order valence-corrected chi connectivity index (χ1v) is 18.9. The van der Waals surface area contributed by atoms with Crippen LogP contribution in [0.1, 0.15) is 89.9 Å². The molecule has 4 aromatic carbocycles. The van der Waals surface area contributed by atoms with Gasteiger partial charge >= 0.3 is 0 Å². The zero-order chi connectivity index (χ0) is 37.6. The molecule has 1 heterocycles. The fraction of sp³-hybridized carbons (Fsp3) is 0.372. The molecule has 0 fully saturated rings. The SMILES string of the molecule is CCC(Oc1ccc(C(C)(C)CC)cc1C(C)(C)CC)C(=O)Nc1ccccc1SC(C(=O)Nc1ccccc1OC)c1nc2ccccc2n1C. The Morgan fingerprint density at radius 3 is 2.10 bits per heavy atom. The molecule has 0 saturated carbocycles. The number of methoxy groups -OCH3 is 1. The second kappa shape index (κ2) is 16.3. The summed E-state index contributed by atoms with van der Waals surface area (Å²) >= 11 is 1.33. The van der Waals surface area contributed by atoms with Crippen molar-refractivity contribution in [1.29, 1.82) is 0 Å². The van der Waals surface area contributed by atoms with Crippen LogP contribution in [0.25, 0.3) is 11.0 Å². The molecule has 0 aliphatic heterocycles. The monoisotopic (exact) mass is 720 g/mol. The predicted octanol–water partition coefficient (Wildman–Crippen LogP) is 10.2. The van der Waals surface area contributed by atoms with Crippen LogP contribution in [0.4, 0.5) is 11.4 Å². The van der Waals surface area contributed by atoms with E-state index in [1.54, 1.807) is 19.2 Å². The number of aryl methyl sites for hydroxylation is 1. The quantitative estimate of drug-likeness (QED) is 0.105. The number of carbonyl (C=O) groups is 2. The molecule has 0 bridgehead atoms. The highest BCUT2D eigenvalue weighted by Crippen LogP contribution is 2.42. The minimum atomic E-state index is -0.775. The number of fused-ring (bicyclic) bond motifs is 1. The number of hydrogen-bond acceptors (Lipinski definition) is 6. The summed E-state index contributed by atoms with van der Waals surface area (Å²) in [4.78, 5) is 33.8. The van der Waals surface area contributed by atoms with Crippen LogP contribution in [0.5, 0.6) is 11.5 Å². The van der Waals surface area contributed by atoms with Gasteiger partial charge in [0.25, 0.3) is 5.91 Å². The van der Waals surface area contributed by atoms with Crippen molar-refractivity contribution >= 4 is 46.0 Å². The summed E-state index contributed by atoms with van der Waals surface area (Å²) in [6, 6.07) is 29.0. The largest absolute Gasteiger partial charge is 0.495 e. The van der Waals surface area contributed by atoms with E-state index in [1.807, 2.05) is 85.3 Å². The number of rotatable bonds is 15. The van der Waals surface area contributed by atoms with Crippen LogP contribution >= 0.6 is 11.8 Å². The highest BCUT2D eigenvalue weighted by molar-refractivity contribution is 8.00. The van der Waals surface area contributed by atoms with Gasteiger partial charge in [-0.2, -0.15) is 0 Å². The maximum atomic E-state index is 14.2. The number of para-hydroxylation sites is 5. The molecular formula is C43H52N4O4S. The summed E-state index contributed by atoms with van der Waals surface area (Å²) < 4.78 is 14.0. The smallest absolute Gasteiger partial charge is 0.265 e. The summed E-state index contributed by atoms with van der Waals surface area (Å²) in [6.07, 6.45) is 1.67. The third kappa shape index (κ3) is 8.31. The van der Waals surface area contributed by atoms with Crippen LogP contribution < -0.4 is 20.1 Å². The van der Waals surface area contributed by atoms with Gasteiger partial charge in [-0.05, 0) is 78.1 Å². The highest BCUT2D eigenvalue weighted by atomic mass is 32.2. The molecule has 5 rings (SSSR count). The lowest BCUT2D eigenvalue weighted by Crippen LogP contribution is -2.33. The van der Waals surface area contributed by atoms with Gasteiger partial charge in [-0.1, -0.05) is 97.0 Å². The fourth-order valence-electron chi connectivity index (χ4n) is 6.03. The second-order valence-electron chi connectivity index (χ2n) is 14.4. The number of nitrogens with zero attached hydrogens (tertiary/aromatic N) is 2. The van der Waals surface area contributed by atoms with Crippen molar-refractivity contribution in [1.82, 2.24) is 9.55 Å². The van der Waals surface area contributed by atoms with E-state index < -0.39 is 11.4 Å². The third-order valence-corrected chi connectivity index (χ3v) is 11.5. The van der Waals surface area contributed by atoms with Crippen LogP contribution in [0, 0.1) is 0 Å². The molecule has 2 N–H and O–H groups in total. The van der Waals surface area contributed by atoms with Crippen LogP contribution in [0.3, 0.4) is 0 Å². The Bertz CT molecular complexity index is 2040. The van der Waals surface area contributed by atoms with Gasteiger partial charge in [-0.25, -0.2) is 4.98 Å². The van der Waals surface area contributed by atoms with Gasteiger partial charge in [-0.15, -0.1) is 11.8 Å². The van der Waals surface area contributed by atoms with Gasteiger partial charge in [0.2, 0.25) is 5.91 Å². The number of hydrogen-bond donors (Lipinski definition) is 2. The van der Waals surface area contributed by atoms with Crippen LogP contribution in [0.2, 0.25) is 0 Å². The molecule has 0 saturated heterocycles. The van der Waals surface area contributed by atoms with Gasteiger partial charge in [0.1, 0.15) is 22.6 Å². The van der Waals surface area contributed by atoms with Gasteiger partial charge in [0, 0.05) is 17.5 Å². The summed E-state index contributed by atoms with van der Waals surface area (Å²) in [7, 11) is 3.48. The van der Waals surface area contributed by atoms with Crippen LogP contribution in [-0.2, 0) is 27.5 Å². The minimum absolute atomic E-state index is 0.0175. The molecular weight excluding hydrogens is 669 g/mol. The number of amides is 2. The lowest BCUT2D eigenvalue weighted by atomic mass is 9.76. The molecule has 274 valence electrons. The molecule has 2 atom stereocenters. The molecule has 0 aliphatic rings. The first-order valence-electron chi connectivity index (χ1n) is 18.1. The minimum Gasteiger partial charge on any atom is -0.495 e. The first kappa shape index (κ1) is 38.5. The number of benzene rings is 4. The number of anilines is 2. The fourth-order valence-corrected chi connectivity index (χ4v) is 7.17. The standard InChI is InChI=1S/C43H52N4O4S/c1-10-34(51-35-26-25-28(42(4,5)11-2)27-29(35)43(6,7)12-3)40(48)46-32-21-15-18-24-37(32)52-38(39-44-30-19-13-16-22-33(30)47(39)8)41(49)45-31-20-14-17-23-36(31)50-9/h13-27,34,38H,10-12H2,1-9H3,(H,45,49)(H,46,48). The zero-order valence-electron chi connectivity index (χ0n) is 31.9. The molecule has 52 heavy (non-hydrogen) atoms. The van der Waals surface area contributed by atoms with Crippen molar-refractivity contribution in [3.8, 4) is 11.5 Å². The van der Waals surface area contributed by atoms with E-state index in [4.69, 9.17) is 14.5 Å². The lowest BCUT2D eigenvalue weighted by molar-refractivity contribution is -0.123. The van der Waals surface area contributed by atoms with Crippen molar-refractivity contribution in [2.45, 2.75) is 94.8 Å². The Balaban J connectivity index is 1.45. The van der Waals surface area contributed by atoms with E-state index in [9.17, 15) is 9.59 Å². The lowest BCUT2D eigenvalue weighted by Gasteiger charge is -2.31. The van der Waals surface area contributed by atoms with E-state index in [0.717, 1.165) is 40.1 Å². The van der Waals surface area contributed by atoms with Crippen molar-refractivity contribution in [3.63, 3.8) is 0 Å². The van der Waals surface area contributed by atoms with E-state index >= 15 is 0 Å². The van der Waals surface area contributed by atoms with Gasteiger partial charge in [0.05, 0.1) is 29.5 Å². The Morgan fingerprint density at radius 1 is 0.788 bits per heavy atom. The molecule has 0 radical (unpaired) electrons. The van der Waals surface area contributed by atoms with Crippen LogP contribution in [0.15, 0.2) is 95.9 Å². The molecule has 8 nitrogen and oxygen atoms in total. The second-order valence-corrected chi connectivity index (χ2v) is 15.5. The molecule has 2 unspecified atom stereocenters. The van der Waals surface area contributed by atoms with E-state index in [2.05, 4.69) is 64.3 Å². The van der Waals surface area contributed by atoms with Gasteiger partial charge in [0.15, 0.2) is 6.10 Å². The van der Waals surface area contributed by atoms with E-state index in [-0.39, 0.29) is 22.6 Å². The summed E-state index contributed by atoms with van der Waals surface area (Å²) in [5.41, 5.74) is 5.07. The molecule has 9 heteroatoms. The number of aromatic nitrogens is 2. The highest BCUT2D eigenvalue weighted by Gasteiger charge is 2.31. The molecule has 0 aliphatic carbocycles. The maximum Gasteiger partial charge on any atom is 0.265 e. The van der Waals surface area contributed by atoms with Crippen molar-refractivity contribution in [3.05, 3.63) is 108 Å². The number of carbonyl (C=O) groups excluding carboxylic acids is 2. The summed E-state index contributed by atoms with van der Waals surface area (Å²) in [6.45, 7) is 15.3. The Labute approximate surface area is 312 Å². The number of imidazole rings is 1. The van der Waals surface area contributed by atoms with Crippen molar-refractivity contribution in [2.75, 3.05) is 17.7 Å². The first-order chi connectivity index (χ1) is 24.8. The normalized spacial score (nSPS) is 13.0. The average Bonchev–Trinajstić information content (AvgIpc) is 3.48. The Kier molecular flexibility index (Phi) is 12.0. The summed E-state index contributed by atoms with van der Waals surface area (Å²) in [5.74, 6) is 1.32. The number of thioether (sulfide) groups is 1. The van der Waals surface area contributed by atoms with Crippen LogP contribution in [-0.4, -0.2) is 34.6 Å². The van der Waals surface area contributed by atoms with E-state index in [1.165, 1.54) is 17.3 Å². The summed E-state index contributed by atoms with van der Waals surface area (Å²) in [5, 5.41) is 5.43. The van der Waals surface area contributed by atoms with E-state index in [0.29, 0.717) is 29.4 Å². The van der Waals surface area contributed by atoms with Crippen molar-refractivity contribution in [2.24, 2.45) is 7.05 Å². The predicted molar refractivity (Wildman–Crippen MR) is 214 cm³/mol. The topological polar surface area (TPSA) is 94.5 Å². The number of nitrogens with one attached hydrogen (secondary N) is 2. The Hall–Kier alpha value is -4.76. The molecule has 2 amide bonds. The molecule has 0 spiro atoms. The third-order valence-electron chi connectivity index (χ3n) is 10.2.